The molecule has 0 aromatic heterocycles. The fourth-order valence-electron chi connectivity index (χ4n) is 4.01. The zero-order valence-corrected chi connectivity index (χ0v) is 25.1. The van der Waals surface area contributed by atoms with Crippen molar-refractivity contribution in [3.05, 3.63) is 130 Å². The van der Waals surface area contributed by atoms with E-state index < -0.39 is 30.0 Å². The Bertz CT molecular complexity index is 1920. The van der Waals surface area contributed by atoms with E-state index in [0.29, 0.717) is 11.1 Å². The van der Waals surface area contributed by atoms with Gasteiger partial charge in [-0.2, -0.15) is 27.0 Å². The lowest BCUT2D eigenvalue weighted by molar-refractivity contribution is 0.480. The topological polar surface area (TPSA) is 228 Å². The molecule has 0 aliphatic heterocycles. The van der Waals surface area contributed by atoms with Gasteiger partial charge in [0.2, 0.25) is 0 Å². The van der Waals surface area contributed by atoms with Gasteiger partial charge in [0.05, 0.1) is 11.4 Å². The third-order valence-electron chi connectivity index (χ3n) is 6.13. The molecule has 14 nitrogen and oxygen atoms in total. The standard InChI is InChI=1S/C30H26N6O8S2/c37-31-19-27(21-7-3-1-4-8-21)35-33-25-15-13-23(29(17-25)45(39,40)41)11-12-24-14-16-26(18-30(24)46(42,43)44)34-36-28(20-32-38)22-9-5-2-6-10-22/h1-20,33-34,37-38H,(H,39,40,41)(H,42,43,44)/p-2. The second-order valence-electron chi connectivity index (χ2n) is 9.21. The molecule has 0 atom stereocenters. The van der Waals surface area contributed by atoms with E-state index in [1.165, 1.54) is 36.4 Å². The number of benzene rings is 4. The molecule has 236 valence electrons. The Morgan fingerprint density at radius 1 is 0.587 bits per heavy atom. The van der Waals surface area contributed by atoms with Gasteiger partial charge in [-0.15, -0.1) is 0 Å². The fourth-order valence-corrected chi connectivity index (χ4v) is 5.43. The summed E-state index contributed by atoms with van der Waals surface area (Å²) in [5.74, 6) is 0. The van der Waals surface area contributed by atoms with Gasteiger partial charge in [0.25, 0.3) is 20.2 Å². The minimum Gasteiger partial charge on any atom is -0.792 e. The molecule has 0 aliphatic carbocycles. The summed E-state index contributed by atoms with van der Waals surface area (Å²) in [5, 5.41) is 35.4. The molecule has 4 aromatic carbocycles. The summed E-state index contributed by atoms with van der Waals surface area (Å²) in [6.45, 7) is 0. The minimum atomic E-state index is -4.79. The van der Waals surface area contributed by atoms with Crippen LogP contribution in [-0.2, 0) is 20.2 Å². The average Bonchev–Trinajstić information content (AvgIpc) is 3.04. The molecule has 4 N–H and O–H groups in total. The predicted octanol–water partition coefficient (Wildman–Crippen LogP) is 5.12. The lowest BCUT2D eigenvalue weighted by Gasteiger charge is -2.10. The predicted molar refractivity (Wildman–Crippen MR) is 178 cm³/mol. The van der Waals surface area contributed by atoms with Crippen LogP contribution in [0, 0.1) is 10.4 Å². The first-order valence-electron chi connectivity index (χ1n) is 13.0. The highest BCUT2D eigenvalue weighted by Crippen LogP contribution is 2.26. The smallest absolute Gasteiger partial charge is 0.295 e. The Morgan fingerprint density at radius 3 is 1.28 bits per heavy atom. The van der Waals surface area contributed by atoms with Crippen LogP contribution in [0.2, 0.25) is 0 Å². The van der Waals surface area contributed by atoms with Crippen LogP contribution in [0.15, 0.2) is 127 Å². The van der Waals surface area contributed by atoms with Crippen LogP contribution >= 0.6 is 0 Å². The van der Waals surface area contributed by atoms with Gasteiger partial charge in [0.15, 0.2) is 0 Å². The van der Waals surface area contributed by atoms with E-state index in [2.05, 4.69) is 31.4 Å². The molecule has 0 saturated carbocycles. The Balaban J connectivity index is 1.65. The number of hydrogen-bond acceptors (Lipinski definition) is 12. The van der Waals surface area contributed by atoms with Crippen LogP contribution in [0.4, 0.5) is 11.4 Å². The van der Waals surface area contributed by atoms with Crippen molar-refractivity contribution in [2.45, 2.75) is 9.79 Å². The Morgan fingerprint density at radius 2 is 0.957 bits per heavy atom. The first-order chi connectivity index (χ1) is 22.0. The Hall–Kier alpha value is -5.68. The van der Waals surface area contributed by atoms with Crippen LogP contribution in [0.3, 0.4) is 0 Å². The molecule has 0 bridgehead atoms. The van der Waals surface area contributed by atoms with Gasteiger partial charge in [-0.1, -0.05) is 84.9 Å². The van der Waals surface area contributed by atoms with E-state index in [1.807, 2.05) is 0 Å². The monoisotopic (exact) mass is 660 g/mol. The van der Waals surface area contributed by atoms with E-state index in [1.54, 1.807) is 60.7 Å². The molecule has 0 amide bonds. The van der Waals surface area contributed by atoms with Gasteiger partial charge in [-0.25, -0.2) is 0 Å². The maximum absolute atomic E-state index is 12.2. The van der Waals surface area contributed by atoms with Crippen molar-refractivity contribution in [2.75, 3.05) is 10.9 Å². The van der Waals surface area contributed by atoms with Crippen LogP contribution < -0.4 is 10.9 Å². The van der Waals surface area contributed by atoms with Crippen LogP contribution in [0.25, 0.3) is 12.2 Å². The first-order valence-corrected chi connectivity index (χ1v) is 15.9. The highest BCUT2D eigenvalue weighted by Gasteiger charge is 2.18. The van der Waals surface area contributed by atoms with Crippen molar-refractivity contribution in [3.8, 4) is 0 Å². The number of hydrogen-bond donors (Lipinski definition) is 4. The van der Waals surface area contributed by atoms with E-state index in [4.69, 9.17) is 0 Å². The van der Waals surface area contributed by atoms with Crippen molar-refractivity contribution in [3.63, 3.8) is 0 Å². The van der Waals surface area contributed by atoms with Crippen LogP contribution in [-0.4, -0.2) is 49.8 Å². The fraction of sp³-hybridized carbons (Fsp3) is 0. The maximum atomic E-state index is 12.2. The summed E-state index contributed by atoms with van der Waals surface area (Å²) < 4.78 is 68.8. The van der Waals surface area contributed by atoms with Crippen molar-refractivity contribution < 1.29 is 25.9 Å². The molecule has 0 radical (unpaired) electrons. The van der Waals surface area contributed by atoms with Crippen molar-refractivity contribution in [1.82, 2.24) is 0 Å². The van der Waals surface area contributed by atoms with Gasteiger partial charge in [-0.05, 0) is 35.4 Å². The summed E-state index contributed by atoms with van der Waals surface area (Å²) in [5.41, 5.74) is 6.86. The molecule has 4 rings (SSSR count). The molecular formula is C30H24N6O8S2-2. The summed E-state index contributed by atoms with van der Waals surface area (Å²) in [6, 6.07) is 24.8. The third kappa shape index (κ3) is 8.93. The van der Waals surface area contributed by atoms with Gasteiger partial charge < -0.3 is 20.7 Å². The van der Waals surface area contributed by atoms with Gasteiger partial charge in [0.1, 0.15) is 21.2 Å². The second-order valence-corrected chi connectivity index (χ2v) is 12.0. The molecule has 0 spiro atoms. The summed E-state index contributed by atoms with van der Waals surface area (Å²) in [7, 11) is -9.58. The molecular weight excluding hydrogens is 636 g/mol. The van der Waals surface area contributed by atoms with Crippen molar-refractivity contribution >= 4 is 67.6 Å². The number of nitrogens with one attached hydrogen (secondary N) is 2. The third-order valence-corrected chi connectivity index (χ3v) is 7.94. The number of anilines is 2. The van der Waals surface area contributed by atoms with E-state index in [-0.39, 0.29) is 33.9 Å². The molecule has 4 aromatic rings. The normalized spacial score (nSPS) is 13.1. The Kier molecular flexibility index (Phi) is 10.7. The summed E-state index contributed by atoms with van der Waals surface area (Å²) >= 11 is 0. The molecule has 0 fully saturated rings. The van der Waals surface area contributed by atoms with Crippen molar-refractivity contribution in [1.29, 1.82) is 0 Å². The van der Waals surface area contributed by atoms with Gasteiger partial charge >= 0.3 is 0 Å². The summed E-state index contributed by atoms with van der Waals surface area (Å²) in [6.07, 6.45) is 4.38. The quantitative estimate of drug-likeness (QED) is 0.0678. The highest BCUT2D eigenvalue weighted by atomic mass is 32.2. The first kappa shape index (κ1) is 33.2. The number of rotatable bonds is 12. The minimum absolute atomic E-state index is 0.0288. The highest BCUT2D eigenvalue weighted by molar-refractivity contribution is 7.86. The largest absolute Gasteiger partial charge is 0.792 e. The average molecular weight is 661 g/mol. The van der Waals surface area contributed by atoms with E-state index in [0.717, 1.165) is 24.6 Å². The molecule has 16 heteroatoms. The lowest BCUT2D eigenvalue weighted by atomic mass is 10.1. The zero-order chi connectivity index (χ0) is 33.2. The molecule has 0 aliphatic rings. The van der Waals surface area contributed by atoms with E-state index in [9.17, 15) is 36.4 Å². The molecule has 0 heterocycles. The van der Waals surface area contributed by atoms with Gasteiger partial charge in [-0.3, -0.25) is 20.0 Å². The molecule has 46 heavy (non-hydrogen) atoms. The van der Waals surface area contributed by atoms with Crippen LogP contribution in [0.1, 0.15) is 22.3 Å². The zero-order valence-electron chi connectivity index (χ0n) is 23.5. The number of nitrogens with zero attached hydrogens (tertiary/aromatic N) is 4. The summed E-state index contributed by atoms with van der Waals surface area (Å²) in [4.78, 5) is -1.09. The van der Waals surface area contributed by atoms with Gasteiger partial charge in [0, 0.05) is 23.6 Å². The number of hydrazone groups is 2. The van der Waals surface area contributed by atoms with E-state index >= 15 is 0 Å². The SMILES string of the molecule is O=S(=O)(O)c1cc(NN=C(C=N[O-])c2ccccc2)ccc1C=Cc1ccc(NN=C(C=N[O-])c2ccccc2)cc1S(=O)(=O)O. The second kappa shape index (κ2) is 14.9. The van der Waals surface area contributed by atoms with Crippen LogP contribution in [0.5, 0.6) is 0 Å². The Labute approximate surface area is 263 Å². The van der Waals surface area contributed by atoms with Crippen molar-refractivity contribution in [2.24, 2.45) is 20.5 Å². The molecule has 0 saturated heterocycles. The molecule has 0 unspecified atom stereocenters. The lowest BCUT2D eigenvalue weighted by Crippen LogP contribution is -2.07. The maximum Gasteiger partial charge on any atom is 0.295 e.